The van der Waals surface area contributed by atoms with Gasteiger partial charge in [0.25, 0.3) is 0 Å². The van der Waals surface area contributed by atoms with Crippen LogP contribution in [-0.4, -0.2) is 60.5 Å². The minimum atomic E-state index is 0.190. The quantitative estimate of drug-likeness (QED) is 0.884. The number of carbonyl (C=O) groups is 1. The molecule has 0 radical (unpaired) electrons. The summed E-state index contributed by atoms with van der Waals surface area (Å²) in [7, 11) is 3.62. The Morgan fingerprint density at radius 1 is 1.50 bits per heavy atom. The van der Waals surface area contributed by atoms with Gasteiger partial charge >= 0.3 is 0 Å². The SMILES string of the molecule is Cc1csc(CNC2CCN(CC(=O)N(C)C)CC2)n1. The van der Waals surface area contributed by atoms with Crippen molar-refractivity contribution >= 4 is 17.2 Å². The highest BCUT2D eigenvalue weighted by Crippen LogP contribution is 2.13. The topological polar surface area (TPSA) is 48.5 Å². The summed E-state index contributed by atoms with van der Waals surface area (Å²) in [5.74, 6) is 0.190. The Bertz CT molecular complexity index is 438. The van der Waals surface area contributed by atoms with Crippen LogP contribution in [0.2, 0.25) is 0 Å². The van der Waals surface area contributed by atoms with Crippen molar-refractivity contribution in [3.63, 3.8) is 0 Å². The molecule has 0 spiro atoms. The highest BCUT2D eigenvalue weighted by molar-refractivity contribution is 7.09. The zero-order valence-electron chi connectivity index (χ0n) is 12.6. The number of carbonyl (C=O) groups excluding carboxylic acids is 1. The molecule has 2 rings (SSSR count). The molecule has 5 nitrogen and oxygen atoms in total. The molecule has 1 saturated heterocycles. The van der Waals surface area contributed by atoms with E-state index >= 15 is 0 Å². The second-order valence-electron chi connectivity index (χ2n) is 5.60. The number of aromatic nitrogens is 1. The smallest absolute Gasteiger partial charge is 0.236 e. The average Bonchev–Trinajstić information content (AvgIpc) is 2.83. The van der Waals surface area contributed by atoms with Crippen LogP contribution >= 0.6 is 11.3 Å². The molecule has 20 heavy (non-hydrogen) atoms. The number of aryl methyl sites for hydroxylation is 1. The number of nitrogens with zero attached hydrogens (tertiary/aromatic N) is 3. The molecule has 0 aliphatic carbocycles. The van der Waals surface area contributed by atoms with Gasteiger partial charge in [0.1, 0.15) is 5.01 Å². The van der Waals surface area contributed by atoms with Crippen LogP contribution in [0.1, 0.15) is 23.5 Å². The Morgan fingerprint density at radius 2 is 2.20 bits per heavy atom. The molecule has 0 aromatic carbocycles. The first-order valence-corrected chi connectivity index (χ1v) is 7.99. The maximum absolute atomic E-state index is 11.7. The molecule has 1 aromatic heterocycles. The van der Waals surface area contributed by atoms with E-state index in [0.717, 1.165) is 43.2 Å². The predicted molar refractivity (Wildman–Crippen MR) is 81.8 cm³/mol. The number of rotatable bonds is 5. The van der Waals surface area contributed by atoms with E-state index in [9.17, 15) is 4.79 Å². The Hall–Kier alpha value is -0.980. The molecule has 112 valence electrons. The molecular weight excluding hydrogens is 272 g/mol. The molecule has 1 amide bonds. The molecule has 6 heteroatoms. The monoisotopic (exact) mass is 296 g/mol. The summed E-state index contributed by atoms with van der Waals surface area (Å²) in [5.41, 5.74) is 1.10. The predicted octanol–water partition coefficient (Wildman–Crippen LogP) is 1.09. The minimum absolute atomic E-state index is 0.190. The summed E-state index contributed by atoms with van der Waals surface area (Å²) in [6.45, 7) is 5.42. The number of hydrogen-bond acceptors (Lipinski definition) is 5. The Morgan fingerprint density at radius 3 is 2.75 bits per heavy atom. The Balaban J connectivity index is 1.68. The fourth-order valence-corrected chi connectivity index (χ4v) is 3.07. The van der Waals surface area contributed by atoms with E-state index in [4.69, 9.17) is 0 Å². The van der Waals surface area contributed by atoms with Crippen LogP contribution in [0.3, 0.4) is 0 Å². The molecule has 1 aliphatic heterocycles. The first-order chi connectivity index (χ1) is 9.54. The van der Waals surface area contributed by atoms with Gasteiger partial charge in [-0.15, -0.1) is 11.3 Å². The third kappa shape index (κ3) is 4.54. The number of likely N-dealkylation sites (tertiary alicyclic amines) is 1. The van der Waals surface area contributed by atoms with Crippen LogP contribution in [0.25, 0.3) is 0 Å². The van der Waals surface area contributed by atoms with Gasteiger partial charge < -0.3 is 10.2 Å². The number of likely N-dealkylation sites (N-methyl/N-ethyl adjacent to an activating group) is 1. The van der Waals surface area contributed by atoms with Crippen LogP contribution in [0.4, 0.5) is 0 Å². The number of amides is 1. The number of nitrogens with one attached hydrogen (secondary N) is 1. The van der Waals surface area contributed by atoms with Crippen molar-refractivity contribution in [2.75, 3.05) is 33.7 Å². The highest BCUT2D eigenvalue weighted by Gasteiger charge is 2.21. The maximum Gasteiger partial charge on any atom is 0.236 e. The van der Waals surface area contributed by atoms with Crippen molar-refractivity contribution in [2.45, 2.75) is 32.4 Å². The van der Waals surface area contributed by atoms with E-state index in [1.807, 2.05) is 21.0 Å². The van der Waals surface area contributed by atoms with E-state index < -0.39 is 0 Å². The third-order valence-corrected chi connectivity index (χ3v) is 4.62. The molecule has 0 unspecified atom stereocenters. The van der Waals surface area contributed by atoms with E-state index in [-0.39, 0.29) is 5.91 Å². The fraction of sp³-hybridized carbons (Fsp3) is 0.714. The summed E-state index contributed by atoms with van der Waals surface area (Å²) in [6.07, 6.45) is 2.20. The highest BCUT2D eigenvalue weighted by atomic mass is 32.1. The number of piperidine rings is 1. The van der Waals surface area contributed by atoms with Gasteiger partial charge in [0.05, 0.1) is 6.54 Å². The summed E-state index contributed by atoms with van der Waals surface area (Å²) >= 11 is 1.72. The van der Waals surface area contributed by atoms with Gasteiger partial charge in [0.2, 0.25) is 5.91 Å². The molecule has 0 atom stereocenters. The lowest BCUT2D eigenvalue weighted by molar-refractivity contribution is -0.130. The van der Waals surface area contributed by atoms with Crippen LogP contribution in [0.5, 0.6) is 0 Å². The molecule has 1 aliphatic rings. The van der Waals surface area contributed by atoms with Crippen molar-refractivity contribution in [1.29, 1.82) is 0 Å². The van der Waals surface area contributed by atoms with E-state index in [1.165, 1.54) is 0 Å². The fourth-order valence-electron chi connectivity index (χ4n) is 2.34. The third-order valence-electron chi connectivity index (χ3n) is 3.65. The minimum Gasteiger partial charge on any atom is -0.348 e. The summed E-state index contributed by atoms with van der Waals surface area (Å²) in [5, 5.41) is 6.82. The summed E-state index contributed by atoms with van der Waals surface area (Å²) in [4.78, 5) is 20.0. The van der Waals surface area contributed by atoms with Gasteiger partial charge in [-0.05, 0) is 19.8 Å². The van der Waals surface area contributed by atoms with Gasteiger partial charge in [-0.2, -0.15) is 0 Å². The number of thiazole rings is 1. The van der Waals surface area contributed by atoms with Gasteiger partial charge in [-0.3, -0.25) is 9.69 Å². The van der Waals surface area contributed by atoms with Crippen molar-refractivity contribution in [3.8, 4) is 0 Å². The first kappa shape index (κ1) is 15.4. The van der Waals surface area contributed by atoms with Crippen molar-refractivity contribution < 1.29 is 4.79 Å². The Kier molecular flexibility index (Phi) is 5.51. The van der Waals surface area contributed by atoms with Gasteiger partial charge in [-0.25, -0.2) is 4.98 Å². The average molecular weight is 296 g/mol. The molecular formula is C14H24N4OS. The van der Waals surface area contributed by atoms with Crippen molar-refractivity contribution in [2.24, 2.45) is 0 Å². The molecule has 2 heterocycles. The zero-order chi connectivity index (χ0) is 14.5. The molecule has 0 saturated carbocycles. The second kappa shape index (κ2) is 7.15. The second-order valence-corrected chi connectivity index (χ2v) is 6.54. The van der Waals surface area contributed by atoms with Crippen LogP contribution < -0.4 is 5.32 Å². The van der Waals surface area contributed by atoms with Gasteiger partial charge in [0, 0.05) is 50.8 Å². The van der Waals surface area contributed by atoms with Crippen molar-refractivity contribution in [3.05, 3.63) is 16.1 Å². The lowest BCUT2D eigenvalue weighted by Gasteiger charge is -2.32. The lowest BCUT2D eigenvalue weighted by atomic mass is 10.1. The molecule has 1 fully saturated rings. The number of hydrogen-bond donors (Lipinski definition) is 1. The zero-order valence-corrected chi connectivity index (χ0v) is 13.4. The van der Waals surface area contributed by atoms with E-state index in [1.54, 1.807) is 16.2 Å². The molecule has 0 bridgehead atoms. The van der Waals surface area contributed by atoms with Gasteiger partial charge in [-0.1, -0.05) is 0 Å². The lowest BCUT2D eigenvalue weighted by Crippen LogP contribution is -2.45. The maximum atomic E-state index is 11.7. The van der Waals surface area contributed by atoms with E-state index in [2.05, 4.69) is 20.6 Å². The Labute approximate surface area is 125 Å². The molecule has 1 aromatic rings. The van der Waals surface area contributed by atoms with E-state index in [0.29, 0.717) is 12.6 Å². The van der Waals surface area contributed by atoms with Crippen LogP contribution in [-0.2, 0) is 11.3 Å². The normalized spacial score (nSPS) is 17.4. The standard InChI is InChI=1S/C14H24N4OS/c1-11-10-20-13(16-11)8-15-12-4-6-18(7-5-12)9-14(19)17(2)3/h10,12,15H,4-9H2,1-3H3. The van der Waals surface area contributed by atoms with Crippen LogP contribution in [0, 0.1) is 6.92 Å². The first-order valence-electron chi connectivity index (χ1n) is 7.11. The summed E-state index contributed by atoms with van der Waals surface area (Å²) < 4.78 is 0. The molecule has 1 N–H and O–H groups in total. The van der Waals surface area contributed by atoms with Crippen molar-refractivity contribution in [1.82, 2.24) is 20.1 Å². The van der Waals surface area contributed by atoms with Gasteiger partial charge in [0.15, 0.2) is 0 Å². The largest absolute Gasteiger partial charge is 0.348 e. The van der Waals surface area contributed by atoms with Crippen LogP contribution in [0.15, 0.2) is 5.38 Å². The summed E-state index contributed by atoms with van der Waals surface area (Å²) in [6, 6.07) is 0.546.